The molecule has 0 spiro atoms. The number of aryl methyl sites for hydroxylation is 1. The molecule has 19 heavy (non-hydrogen) atoms. The van der Waals surface area contributed by atoms with Crippen molar-refractivity contribution in [1.29, 1.82) is 0 Å². The molecule has 1 aromatic carbocycles. The first-order chi connectivity index (χ1) is 9.06. The van der Waals surface area contributed by atoms with Crippen LogP contribution in [0.2, 0.25) is 0 Å². The first-order valence-corrected chi connectivity index (χ1v) is 6.56. The lowest BCUT2D eigenvalue weighted by Crippen LogP contribution is -2.11. The highest BCUT2D eigenvalue weighted by atomic mass is 16.5. The van der Waals surface area contributed by atoms with Crippen molar-refractivity contribution in [2.45, 2.75) is 32.9 Å². The number of imidazole rings is 1. The number of rotatable bonds is 5. The summed E-state index contributed by atoms with van der Waals surface area (Å²) in [7, 11) is 2.00. The molecule has 0 saturated heterocycles. The largest absolute Gasteiger partial charge is 0.491 e. The van der Waals surface area contributed by atoms with Crippen LogP contribution >= 0.6 is 0 Å². The summed E-state index contributed by atoms with van der Waals surface area (Å²) in [5.41, 5.74) is 1.06. The van der Waals surface area contributed by atoms with Gasteiger partial charge in [-0.05, 0) is 45.0 Å². The molecule has 0 bridgehead atoms. The first kappa shape index (κ1) is 13.5. The highest BCUT2D eigenvalue weighted by molar-refractivity contribution is 5.47. The molecule has 102 valence electrons. The summed E-state index contributed by atoms with van der Waals surface area (Å²) in [6.45, 7) is 6.14. The number of benzene rings is 1. The van der Waals surface area contributed by atoms with Crippen molar-refractivity contribution < 1.29 is 4.74 Å². The van der Waals surface area contributed by atoms with Gasteiger partial charge in [-0.1, -0.05) is 0 Å². The van der Waals surface area contributed by atoms with Crippen molar-refractivity contribution in [3.63, 3.8) is 0 Å². The molecule has 0 aliphatic carbocycles. The van der Waals surface area contributed by atoms with Crippen molar-refractivity contribution in [2.75, 3.05) is 5.32 Å². The average Bonchev–Trinajstić information content (AvgIpc) is 2.77. The first-order valence-electron chi connectivity index (χ1n) is 6.56. The zero-order valence-corrected chi connectivity index (χ0v) is 11.9. The number of hydrogen-bond acceptors (Lipinski definition) is 3. The van der Waals surface area contributed by atoms with E-state index < -0.39 is 0 Å². The fourth-order valence-corrected chi connectivity index (χ4v) is 2.01. The number of anilines is 1. The summed E-state index contributed by atoms with van der Waals surface area (Å²) in [4.78, 5) is 4.34. The number of ether oxygens (including phenoxy) is 1. The number of hydrogen-bond donors (Lipinski definition) is 1. The molecule has 1 atom stereocenters. The second kappa shape index (κ2) is 5.78. The van der Waals surface area contributed by atoms with Crippen LogP contribution in [0.4, 0.5) is 5.69 Å². The van der Waals surface area contributed by atoms with Gasteiger partial charge in [0.05, 0.1) is 12.1 Å². The Hall–Kier alpha value is -1.97. The van der Waals surface area contributed by atoms with Crippen LogP contribution in [-0.2, 0) is 7.05 Å². The predicted octanol–water partition coefficient (Wildman–Crippen LogP) is 3.38. The van der Waals surface area contributed by atoms with Gasteiger partial charge >= 0.3 is 0 Å². The predicted molar refractivity (Wildman–Crippen MR) is 77.5 cm³/mol. The smallest absolute Gasteiger partial charge is 0.130 e. The van der Waals surface area contributed by atoms with E-state index in [9.17, 15) is 0 Å². The third-order valence-electron chi connectivity index (χ3n) is 2.86. The van der Waals surface area contributed by atoms with Crippen LogP contribution in [0.3, 0.4) is 0 Å². The molecule has 2 rings (SSSR count). The second-order valence-electron chi connectivity index (χ2n) is 4.95. The van der Waals surface area contributed by atoms with Gasteiger partial charge in [0.25, 0.3) is 0 Å². The Morgan fingerprint density at radius 3 is 2.37 bits per heavy atom. The lowest BCUT2D eigenvalue weighted by molar-refractivity contribution is 0.242. The molecular weight excluding hydrogens is 238 g/mol. The highest BCUT2D eigenvalue weighted by Gasteiger charge is 2.09. The molecule has 1 unspecified atom stereocenters. The number of aromatic nitrogens is 2. The van der Waals surface area contributed by atoms with Gasteiger partial charge in [0.1, 0.15) is 11.6 Å². The van der Waals surface area contributed by atoms with E-state index in [4.69, 9.17) is 4.74 Å². The Labute approximate surface area is 114 Å². The Morgan fingerprint density at radius 1 is 1.16 bits per heavy atom. The fourth-order valence-electron chi connectivity index (χ4n) is 2.01. The van der Waals surface area contributed by atoms with Crippen molar-refractivity contribution in [2.24, 2.45) is 7.05 Å². The van der Waals surface area contributed by atoms with E-state index in [2.05, 4.69) is 17.2 Å². The summed E-state index contributed by atoms with van der Waals surface area (Å²) in [5.74, 6) is 1.91. The van der Waals surface area contributed by atoms with Crippen molar-refractivity contribution >= 4 is 5.69 Å². The molecule has 0 radical (unpaired) electrons. The molecule has 0 aliphatic rings. The van der Waals surface area contributed by atoms with E-state index in [-0.39, 0.29) is 12.1 Å². The Balaban J connectivity index is 2.01. The minimum Gasteiger partial charge on any atom is -0.491 e. The van der Waals surface area contributed by atoms with Gasteiger partial charge in [-0.2, -0.15) is 0 Å². The quantitative estimate of drug-likeness (QED) is 0.894. The number of nitrogens with zero attached hydrogens (tertiary/aromatic N) is 2. The second-order valence-corrected chi connectivity index (χ2v) is 4.95. The van der Waals surface area contributed by atoms with Crippen LogP contribution in [-0.4, -0.2) is 15.7 Å². The van der Waals surface area contributed by atoms with E-state index in [1.54, 1.807) is 0 Å². The van der Waals surface area contributed by atoms with E-state index in [1.807, 2.05) is 62.1 Å². The highest BCUT2D eigenvalue weighted by Crippen LogP contribution is 2.21. The Morgan fingerprint density at radius 2 is 1.84 bits per heavy atom. The lowest BCUT2D eigenvalue weighted by Gasteiger charge is -2.16. The molecule has 1 N–H and O–H groups in total. The summed E-state index contributed by atoms with van der Waals surface area (Å²) < 4.78 is 7.64. The van der Waals surface area contributed by atoms with E-state index in [0.29, 0.717) is 0 Å². The summed E-state index contributed by atoms with van der Waals surface area (Å²) in [6.07, 6.45) is 3.96. The third-order valence-corrected chi connectivity index (χ3v) is 2.86. The van der Waals surface area contributed by atoms with Gasteiger partial charge in [-0.15, -0.1) is 0 Å². The zero-order chi connectivity index (χ0) is 13.8. The molecule has 1 aromatic heterocycles. The monoisotopic (exact) mass is 259 g/mol. The van der Waals surface area contributed by atoms with E-state index in [0.717, 1.165) is 17.3 Å². The van der Waals surface area contributed by atoms with E-state index >= 15 is 0 Å². The van der Waals surface area contributed by atoms with E-state index in [1.165, 1.54) is 0 Å². The Bertz CT molecular complexity index is 516. The van der Waals surface area contributed by atoms with Crippen LogP contribution in [0.1, 0.15) is 32.6 Å². The van der Waals surface area contributed by atoms with Crippen molar-refractivity contribution in [3.8, 4) is 5.75 Å². The molecule has 4 heteroatoms. The lowest BCUT2D eigenvalue weighted by atomic mass is 10.2. The van der Waals surface area contributed by atoms with Crippen LogP contribution < -0.4 is 10.1 Å². The fraction of sp³-hybridized carbons (Fsp3) is 0.400. The third kappa shape index (κ3) is 3.50. The van der Waals surface area contributed by atoms with Crippen molar-refractivity contribution in [1.82, 2.24) is 9.55 Å². The molecule has 4 nitrogen and oxygen atoms in total. The van der Waals surface area contributed by atoms with Gasteiger partial charge < -0.3 is 14.6 Å². The maximum Gasteiger partial charge on any atom is 0.130 e. The topological polar surface area (TPSA) is 39.1 Å². The molecular formula is C15H21N3O. The van der Waals surface area contributed by atoms with Crippen LogP contribution in [0, 0.1) is 0 Å². The zero-order valence-electron chi connectivity index (χ0n) is 11.9. The SMILES string of the molecule is CC(C)Oc1ccc(NC(C)c2nccn2C)cc1. The molecule has 0 fully saturated rings. The molecule has 0 aliphatic heterocycles. The van der Waals surface area contributed by atoms with Crippen LogP contribution in [0.5, 0.6) is 5.75 Å². The van der Waals surface area contributed by atoms with Crippen molar-refractivity contribution in [3.05, 3.63) is 42.5 Å². The minimum atomic E-state index is 0.164. The average molecular weight is 259 g/mol. The molecule has 1 heterocycles. The summed E-state index contributed by atoms with van der Waals surface area (Å²) >= 11 is 0. The number of nitrogens with one attached hydrogen (secondary N) is 1. The van der Waals surface area contributed by atoms with Gasteiger partial charge in [0.15, 0.2) is 0 Å². The molecule has 0 amide bonds. The summed E-state index contributed by atoms with van der Waals surface area (Å²) in [6, 6.07) is 8.17. The molecule has 2 aromatic rings. The standard InChI is InChI=1S/C15H21N3O/c1-11(2)19-14-7-5-13(6-8-14)17-12(3)15-16-9-10-18(15)4/h5-12,17H,1-4H3. The van der Waals surface area contributed by atoms with Crippen LogP contribution in [0.15, 0.2) is 36.7 Å². The maximum atomic E-state index is 5.62. The minimum absolute atomic E-state index is 0.164. The molecule has 0 saturated carbocycles. The normalized spacial score (nSPS) is 12.5. The van der Waals surface area contributed by atoms with Gasteiger partial charge in [0, 0.05) is 25.1 Å². The van der Waals surface area contributed by atoms with Gasteiger partial charge in [0.2, 0.25) is 0 Å². The summed E-state index contributed by atoms with van der Waals surface area (Å²) in [5, 5.41) is 3.43. The Kier molecular flexibility index (Phi) is 4.10. The van der Waals surface area contributed by atoms with Gasteiger partial charge in [-0.3, -0.25) is 0 Å². The van der Waals surface area contributed by atoms with Gasteiger partial charge in [-0.25, -0.2) is 4.98 Å². The maximum absolute atomic E-state index is 5.62. The van der Waals surface area contributed by atoms with Crippen LogP contribution in [0.25, 0.3) is 0 Å².